The van der Waals surface area contributed by atoms with Crippen LogP contribution in [0.1, 0.15) is 41.0 Å². The third-order valence-electron chi connectivity index (χ3n) is 3.04. The molecule has 84 valence electrons. The van der Waals surface area contributed by atoms with Gasteiger partial charge in [0, 0.05) is 13.0 Å². The average Bonchev–Trinajstić information content (AvgIpc) is 2.12. The maximum Gasteiger partial charge on any atom is 0.108 e. The van der Waals surface area contributed by atoms with E-state index in [9.17, 15) is 5.11 Å². The second-order valence-corrected chi connectivity index (χ2v) is 5.36. The molecular formula is C11H23NO2. The Morgan fingerprint density at radius 2 is 1.86 bits per heavy atom. The summed E-state index contributed by atoms with van der Waals surface area (Å²) in [7, 11) is 0. The van der Waals surface area contributed by atoms with E-state index in [-0.39, 0.29) is 5.60 Å². The first-order chi connectivity index (χ1) is 6.22. The fourth-order valence-corrected chi connectivity index (χ4v) is 2.35. The topological polar surface area (TPSA) is 41.5 Å². The van der Waals surface area contributed by atoms with Gasteiger partial charge in [0.05, 0.1) is 11.2 Å². The molecule has 14 heavy (non-hydrogen) atoms. The SMILES string of the molecule is CCNCC1(O)CC(C)(C)OC1(C)C. The summed E-state index contributed by atoms with van der Waals surface area (Å²) in [6, 6.07) is 0. The Hall–Kier alpha value is -0.120. The van der Waals surface area contributed by atoms with Crippen LogP contribution in [-0.2, 0) is 4.74 Å². The minimum absolute atomic E-state index is 0.229. The van der Waals surface area contributed by atoms with Crippen molar-refractivity contribution in [3.63, 3.8) is 0 Å². The Bertz CT molecular complexity index is 213. The first kappa shape index (κ1) is 12.0. The van der Waals surface area contributed by atoms with Crippen molar-refractivity contribution >= 4 is 0 Å². The van der Waals surface area contributed by atoms with Crippen LogP contribution in [0.5, 0.6) is 0 Å². The lowest BCUT2D eigenvalue weighted by Gasteiger charge is -2.35. The Balaban J connectivity index is 2.77. The number of likely N-dealkylation sites (N-methyl/N-ethyl adjacent to an activating group) is 1. The molecule has 0 spiro atoms. The Labute approximate surface area is 86.8 Å². The largest absolute Gasteiger partial charge is 0.385 e. The molecule has 0 saturated carbocycles. The molecule has 1 saturated heterocycles. The van der Waals surface area contributed by atoms with Crippen molar-refractivity contribution in [3.8, 4) is 0 Å². The first-order valence-electron chi connectivity index (χ1n) is 5.36. The highest BCUT2D eigenvalue weighted by Gasteiger charge is 2.55. The summed E-state index contributed by atoms with van der Waals surface area (Å²) in [5, 5.41) is 13.7. The maximum absolute atomic E-state index is 10.5. The molecule has 1 unspecified atom stereocenters. The van der Waals surface area contributed by atoms with E-state index in [1.807, 2.05) is 34.6 Å². The van der Waals surface area contributed by atoms with E-state index in [1.165, 1.54) is 0 Å². The lowest BCUT2D eigenvalue weighted by Crippen LogP contribution is -2.53. The molecular weight excluding hydrogens is 178 g/mol. The van der Waals surface area contributed by atoms with Gasteiger partial charge in [0.15, 0.2) is 0 Å². The standard InChI is InChI=1S/C11H23NO2/c1-6-12-8-11(13)7-9(2,3)14-10(11,4)5/h12-13H,6-8H2,1-5H3. The fourth-order valence-electron chi connectivity index (χ4n) is 2.35. The molecule has 0 aromatic rings. The molecule has 2 N–H and O–H groups in total. The van der Waals surface area contributed by atoms with Crippen LogP contribution in [0.25, 0.3) is 0 Å². The lowest BCUT2D eigenvalue weighted by atomic mass is 9.82. The normalized spacial score (nSPS) is 34.7. The van der Waals surface area contributed by atoms with E-state index in [0.717, 1.165) is 6.54 Å². The molecule has 0 radical (unpaired) electrons. The molecule has 0 bridgehead atoms. The Kier molecular flexibility index (Phi) is 2.96. The number of aliphatic hydroxyl groups is 1. The van der Waals surface area contributed by atoms with Crippen molar-refractivity contribution < 1.29 is 9.84 Å². The van der Waals surface area contributed by atoms with Gasteiger partial charge in [-0.25, -0.2) is 0 Å². The summed E-state index contributed by atoms with van der Waals surface area (Å²) >= 11 is 0. The zero-order valence-corrected chi connectivity index (χ0v) is 9.98. The van der Waals surface area contributed by atoms with Crippen LogP contribution < -0.4 is 5.32 Å². The molecule has 1 heterocycles. The molecule has 1 atom stereocenters. The van der Waals surface area contributed by atoms with Crippen LogP contribution in [0.3, 0.4) is 0 Å². The van der Waals surface area contributed by atoms with Gasteiger partial charge in [-0.2, -0.15) is 0 Å². The van der Waals surface area contributed by atoms with Gasteiger partial charge in [-0.05, 0) is 34.2 Å². The van der Waals surface area contributed by atoms with Crippen LogP contribution in [0, 0.1) is 0 Å². The zero-order chi connectivity index (χ0) is 11.0. The number of nitrogens with one attached hydrogen (secondary N) is 1. The first-order valence-corrected chi connectivity index (χ1v) is 5.36. The van der Waals surface area contributed by atoms with E-state index < -0.39 is 11.2 Å². The van der Waals surface area contributed by atoms with Crippen LogP contribution in [0.4, 0.5) is 0 Å². The highest BCUT2D eigenvalue weighted by Crippen LogP contribution is 2.44. The predicted octanol–water partition coefficient (Wildman–Crippen LogP) is 1.30. The van der Waals surface area contributed by atoms with E-state index in [0.29, 0.717) is 13.0 Å². The number of hydrogen-bond acceptors (Lipinski definition) is 3. The van der Waals surface area contributed by atoms with Gasteiger partial charge < -0.3 is 15.2 Å². The molecule has 1 aliphatic heterocycles. The molecule has 1 aliphatic rings. The smallest absolute Gasteiger partial charge is 0.108 e. The third-order valence-corrected chi connectivity index (χ3v) is 3.04. The van der Waals surface area contributed by atoms with E-state index in [2.05, 4.69) is 5.32 Å². The summed E-state index contributed by atoms with van der Waals surface area (Å²) in [5.41, 5.74) is -1.46. The average molecular weight is 201 g/mol. The van der Waals surface area contributed by atoms with E-state index >= 15 is 0 Å². The maximum atomic E-state index is 10.5. The molecule has 0 aromatic heterocycles. The van der Waals surface area contributed by atoms with Crippen LogP contribution in [0.15, 0.2) is 0 Å². The number of rotatable bonds is 3. The molecule has 0 aliphatic carbocycles. The second-order valence-electron chi connectivity index (χ2n) is 5.36. The molecule has 3 nitrogen and oxygen atoms in total. The van der Waals surface area contributed by atoms with Crippen LogP contribution in [0.2, 0.25) is 0 Å². The molecule has 0 aromatic carbocycles. The molecule has 1 fully saturated rings. The van der Waals surface area contributed by atoms with Gasteiger partial charge in [-0.15, -0.1) is 0 Å². The lowest BCUT2D eigenvalue weighted by molar-refractivity contribution is -0.124. The third kappa shape index (κ3) is 2.10. The van der Waals surface area contributed by atoms with Crippen molar-refractivity contribution in [2.45, 2.75) is 57.8 Å². The van der Waals surface area contributed by atoms with E-state index in [4.69, 9.17) is 4.74 Å². The second kappa shape index (κ2) is 3.47. The van der Waals surface area contributed by atoms with Gasteiger partial charge in [-0.1, -0.05) is 6.92 Å². The number of hydrogen-bond donors (Lipinski definition) is 2. The van der Waals surface area contributed by atoms with Gasteiger partial charge in [0.2, 0.25) is 0 Å². The van der Waals surface area contributed by atoms with Gasteiger partial charge in [0.25, 0.3) is 0 Å². The van der Waals surface area contributed by atoms with Crippen molar-refractivity contribution in [2.75, 3.05) is 13.1 Å². The summed E-state index contributed by atoms with van der Waals surface area (Å²) in [5.74, 6) is 0. The minimum Gasteiger partial charge on any atom is -0.385 e. The molecule has 0 amide bonds. The van der Waals surface area contributed by atoms with Crippen molar-refractivity contribution in [3.05, 3.63) is 0 Å². The zero-order valence-electron chi connectivity index (χ0n) is 9.98. The highest BCUT2D eigenvalue weighted by atomic mass is 16.5. The fraction of sp³-hybridized carbons (Fsp3) is 1.00. The predicted molar refractivity (Wildman–Crippen MR) is 57.4 cm³/mol. The minimum atomic E-state index is -0.757. The summed E-state index contributed by atoms with van der Waals surface area (Å²) in [4.78, 5) is 0. The van der Waals surface area contributed by atoms with Crippen LogP contribution in [-0.4, -0.2) is 35.0 Å². The van der Waals surface area contributed by atoms with Gasteiger partial charge in [0.1, 0.15) is 5.60 Å². The summed E-state index contributed by atoms with van der Waals surface area (Å²) in [6.45, 7) is 11.5. The summed E-state index contributed by atoms with van der Waals surface area (Å²) in [6.07, 6.45) is 0.681. The van der Waals surface area contributed by atoms with Crippen molar-refractivity contribution in [1.82, 2.24) is 5.32 Å². The molecule has 3 heteroatoms. The summed E-state index contributed by atoms with van der Waals surface area (Å²) < 4.78 is 5.86. The van der Waals surface area contributed by atoms with Crippen LogP contribution >= 0.6 is 0 Å². The Morgan fingerprint density at radius 3 is 2.21 bits per heavy atom. The quantitative estimate of drug-likeness (QED) is 0.723. The molecule has 1 rings (SSSR count). The van der Waals surface area contributed by atoms with E-state index in [1.54, 1.807) is 0 Å². The highest BCUT2D eigenvalue weighted by molar-refractivity contribution is 5.07. The Morgan fingerprint density at radius 1 is 1.29 bits per heavy atom. The van der Waals surface area contributed by atoms with Gasteiger partial charge >= 0.3 is 0 Å². The number of ether oxygens (including phenoxy) is 1. The monoisotopic (exact) mass is 201 g/mol. The van der Waals surface area contributed by atoms with Gasteiger partial charge in [-0.3, -0.25) is 0 Å². The van der Waals surface area contributed by atoms with Crippen molar-refractivity contribution in [1.29, 1.82) is 0 Å². The van der Waals surface area contributed by atoms with Crippen molar-refractivity contribution in [2.24, 2.45) is 0 Å².